The molecule has 0 aliphatic rings. The summed E-state index contributed by atoms with van der Waals surface area (Å²) in [6.45, 7) is 4.11. The molecule has 0 atom stereocenters. The SMILES string of the molecule is CCCCCCCCCCCCCCCCCCCCCC(=O)Nc1cccc(NC(=O)CC)c1. The summed E-state index contributed by atoms with van der Waals surface area (Å²) in [4.78, 5) is 23.7. The largest absolute Gasteiger partial charge is 0.326 e. The number of amides is 2. The minimum atomic E-state index is -0.0254. The van der Waals surface area contributed by atoms with Crippen molar-refractivity contribution in [3.05, 3.63) is 24.3 Å². The number of carbonyl (C=O) groups is 2. The van der Waals surface area contributed by atoms with Crippen molar-refractivity contribution < 1.29 is 9.59 Å². The summed E-state index contributed by atoms with van der Waals surface area (Å²) in [7, 11) is 0. The molecule has 1 aromatic carbocycles. The van der Waals surface area contributed by atoms with Crippen molar-refractivity contribution in [1.29, 1.82) is 0 Å². The zero-order chi connectivity index (χ0) is 25.4. The van der Waals surface area contributed by atoms with Crippen LogP contribution in [0.4, 0.5) is 11.4 Å². The summed E-state index contributed by atoms with van der Waals surface area (Å²) in [6, 6.07) is 7.34. The van der Waals surface area contributed by atoms with E-state index in [1.165, 1.54) is 109 Å². The van der Waals surface area contributed by atoms with Crippen LogP contribution in [0.2, 0.25) is 0 Å². The van der Waals surface area contributed by atoms with Gasteiger partial charge in [-0.25, -0.2) is 0 Å². The summed E-state index contributed by atoms with van der Waals surface area (Å²) in [5.74, 6) is 0.0264. The maximum absolute atomic E-state index is 12.2. The molecule has 1 rings (SSSR count). The maximum Gasteiger partial charge on any atom is 0.224 e. The molecule has 0 aliphatic heterocycles. The van der Waals surface area contributed by atoms with Gasteiger partial charge in [-0.2, -0.15) is 0 Å². The van der Waals surface area contributed by atoms with Gasteiger partial charge in [0, 0.05) is 24.2 Å². The molecule has 0 fully saturated rings. The highest BCUT2D eigenvalue weighted by atomic mass is 16.2. The van der Waals surface area contributed by atoms with Gasteiger partial charge in [-0.3, -0.25) is 9.59 Å². The summed E-state index contributed by atoms with van der Waals surface area (Å²) in [6.07, 6.45) is 26.8. The van der Waals surface area contributed by atoms with Crippen LogP contribution in [0.1, 0.15) is 149 Å². The van der Waals surface area contributed by atoms with E-state index in [2.05, 4.69) is 17.6 Å². The Hall–Kier alpha value is -1.84. The molecule has 0 aliphatic carbocycles. The molecule has 0 heterocycles. The van der Waals surface area contributed by atoms with Crippen molar-refractivity contribution in [3.8, 4) is 0 Å². The van der Waals surface area contributed by atoms with E-state index in [9.17, 15) is 9.59 Å². The third-order valence-corrected chi connectivity index (χ3v) is 6.76. The number of nitrogens with one attached hydrogen (secondary N) is 2. The smallest absolute Gasteiger partial charge is 0.224 e. The van der Waals surface area contributed by atoms with Gasteiger partial charge in [0.2, 0.25) is 11.8 Å². The summed E-state index contributed by atoms with van der Waals surface area (Å²) in [5, 5.41) is 5.76. The first-order valence-corrected chi connectivity index (χ1v) is 14.9. The minimum absolute atomic E-state index is 0.0254. The Bertz CT molecular complexity index is 659. The number of benzene rings is 1. The monoisotopic (exact) mass is 486 g/mol. The number of rotatable bonds is 23. The van der Waals surface area contributed by atoms with Gasteiger partial charge >= 0.3 is 0 Å². The standard InChI is InChI=1S/C31H54N2O2/c1-3-5-6-7-8-9-10-11-12-13-14-15-16-17-18-19-20-21-22-26-31(35)33-29-25-23-24-28(27-29)32-30(34)4-2/h23-25,27H,3-22,26H2,1-2H3,(H,32,34)(H,33,35). The molecule has 0 saturated heterocycles. The van der Waals surface area contributed by atoms with Gasteiger partial charge in [-0.05, 0) is 24.6 Å². The molecule has 0 bridgehead atoms. The Morgan fingerprint density at radius 1 is 0.543 bits per heavy atom. The van der Waals surface area contributed by atoms with Gasteiger partial charge in [0.05, 0.1) is 0 Å². The molecule has 2 amide bonds. The molecular weight excluding hydrogens is 432 g/mol. The average molecular weight is 487 g/mol. The Balaban J connectivity index is 1.86. The predicted molar refractivity (Wildman–Crippen MR) is 152 cm³/mol. The fourth-order valence-electron chi connectivity index (χ4n) is 4.51. The van der Waals surface area contributed by atoms with Crippen molar-refractivity contribution in [3.63, 3.8) is 0 Å². The van der Waals surface area contributed by atoms with E-state index in [-0.39, 0.29) is 11.8 Å². The first-order chi connectivity index (χ1) is 17.2. The fourth-order valence-corrected chi connectivity index (χ4v) is 4.51. The van der Waals surface area contributed by atoms with Crippen LogP contribution >= 0.6 is 0 Å². The molecule has 0 aromatic heterocycles. The lowest BCUT2D eigenvalue weighted by Gasteiger charge is -2.08. The van der Waals surface area contributed by atoms with Crippen molar-refractivity contribution in [2.24, 2.45) is 0 Å². The second kappa shape index (κ2) is 22.6. The van der Waals surface area contributed by atoms with Crippen LogP contribution in [0.5, 0.6) is 0 Å². The zero-order valence-corrected chi connectivity index (χ0v) is 23.0. The lowest BCUT2D eigenvalue weighted by atomic mass is 10.0. The van der Waals surface area contributed by atoms with Crippen LogP contribution in [0.15, 0.2) is 24.3 Å². The Kier molecular flexibility index (Phi) is 20.2. The average Bonchev–Trinajstić information content (AvgIpc) is 2.85. The van der Waals surface area contributed by atoms with Crippen LogP contribution in [0, 0.1) is 0 Å². The molecule has 4 heteroatoms. The van der Waals surface area contributed by atoms with Gasteiger partial charge < -0.3 is 10.6 Å². The normalized spacial score (nSPS) is 10.9. The van der Waals surface area contributed by atoms with Gasteiger partial charge in [-0.1, -0.05) is 135 Å². The second-order valence-corrected chi connectivity index (χ2v) is 10.1. The van der Waals surface area contributed by atoms with E-state index in [1.54, 1.807) is 0 Å². The molecule has 0 spiro atoms. The third kappa shape index (κ3) is 19.1. The van der Waals surface area contributed by atoms with Crippen molar-refractivity contribution in [1.82, 2.24) is 0 Å². The first kappa shape index (κ1) is 31.2. The molecule has 2 N–H and O–H groups in total. The summed E-state index contributed by atoms with van der Waals surface area (Å²) in [5.41, 5.74) is 1.46. The quantitative estimate of drug-likeness (QED) is 0.151. The van der Waals surface area contributed by atoms with E-state index in [0.717, 1.165) is 24.2 Å². The molecule has 0 unspecified atom stereocenters. The lowest BCUT2D eigenvalue weighted by molar-refractivity contribution is -0.116. The lowest BCUT2D eigenvalue weighted by Crippen LogP contribution is -2.12. The van der Waals surface area contributed by atoms with Crippen molar-refractivity contribution in [2.45, 2.75) is 149 Å². The van der Waals surface area contributed by atoms with E-state index in [0.29, 0.717) is 12.8 Å². The minimum Gasteiger partial charge on any atom is -0.326 e. The Morgan fingerprint density at radius 2 is 0.914 bits per heavy atom. The van der Waals surface area contributed by atoms with Crippen LogP contribution in [-0.2, 0) is 9.59 Å². The van der Waals surface area contributed by atoms with E-state index in [4.69, 9.17) is 0 Å². The molecule has 0 saturated carbocycles. The molecule has 1 aromatic rings. The number of unbranched alkanes of at least 4 members (excludes halogenated alkanes) is 18. The van der Waals surface area contributed by atoms with Crippen LogP contribution < -0.4 is 10.6 Å². The predicted octanol–water partition coefficient (Wildman–Crippen LogP) is 9.80. The summed E-state index contributed by atoms with van der Waals surface area (Å²) >= 11 is 0. The fraction of sp³-hybridized carbons (Fsp3) is 0.742. The topological polar surface area (TPSA) is 58.2 Å². The van der Waals surface area contributed by atoms with Gasteiger partial charge in [0.15, 0.2) is 0 Å². The zero-order valence-electron chi connectivity index (χ0n) is 23.0. The number of anilines is 2. The molecule has 0 radical (unpaired) electrons. The Morgan fingerprint density at radius 3 is 1.31 bits per heavy atom. The Labute approximate surface area is 216 Å². The number of hydrogen-bond acceptors (Lipinski definition) is 2. The molecular formula is C31H54N2O2. The highest BCUT2D eigenvalue weighted by Gasteiger charge is 2.04. The van der Waals surface area contributed by atoms with Crippen molar-refractivity contribution in [2.75, 3.05) is 10.6 Å². The van der Waals surface area contributed by atoms with E-state index < -0.39 is 0 Å². The highest BCUT2D eigenvalue weighted by molar-refractivity contribution is 5.93. The molecule has 200 valence electrons. The number of carbonyl (C=O) groups excluding carboxylic acids is 2. The van der Waals surface area contributed by atoms with Crippen LogP contribution in [0.3, 0.4) is 0 Å². The van der Waals surface area contributed by atoms with Gasteiger partial charge in [0.1, 0.15) is 0 Å². The first-order valence-electron chi connectivity index (χ1n) is 14.9. The summed E-state index contributed by atoms with van der Waals surface area (Å²) < 4.78 is 0. The van der Waals surface area contributed by atoms with Gasteiger partial charge in [-0.15, -0.1) is 0 Å². The maximum atomic E-state index is 12.2. The third-order valence-electron chi connectivity index (χ3n) is 6.76. The molecule has 35 heavy (non-hydrogen) atoms. The van der Waals surface area contributed by atoms with Crippen LogP contribution in [-0.4, -0.2) is 11.8 Å². The van der Waals surface area contributed by atoms with Gasteiger partial charge in [0.25, 0.3) is 0 Å². The van der Waals surface area contributed by atoms with Crippen LogP contribution in [0.25, 0.3) is 0 Å². The molecule has 4 nitrogen and oxygen atoms in total. The van der Waals surface area contributed by atoms with E-state index in [1.807, 2.05) is 31.2 Å². The van der Waals surface area contributed by atoms with Crippen molar-refractivity contribution >= 4 is 23.2 Å². The van der Waals surface area contributed by atoms with E-state index >= 15 is 0 Å². The highest BCUT2D eigenvalue weighted by Crippen LogP contribution is 2.17. The number of hydrogen-bond donors (Lipinski definition) is 2. The second-order valence-electron chi connectivity index (χ2n) is 10.1.